The molecule has 1 N–H and O–H groups in total. The van der Waals surface area contributed by atoms with E-state index in [-0.39, 0.29) is 6.29 Å². The Morgan fingerprint density at radius 3 is 3.00 bits per heavy atom. The van der Waals surface area contributed by atoms with E-state index >= 15 is 0 Å². The van der Waals surface area contributed by atoms with Gasteiger partial charge in [-0.2, -0.15) is 0 Å². The van der Waals surface area contributed by atoms with Gasteiger partial charge in [0.05, 0.1) is 6.61 Å². The Balaban J connectivity index is 2.18. The number of aliphatic hydroxyl groups is 1. The van der Waals surface area contributed by atoms with Gasteiger partial charge in [0.2, 0.25) is 0 Å². The largest absolute Gasteiger partial charge is 0.368 e. The van der Waals surface area contributed by atoms with Crippen LogP contribution in [0.15, 0.2) is 0 Å². The first-order valence-electron chi connectivity index (χ1n) is 3.78. The van der Waals surface area contributed by atoms with Crippen LogP contribution in [0.5, 0.6) is 0 Å². The van der Waals surface area contributed by atoms with E-state index in [4.69, 9.17) is 14.6 Å². The van der Waals surface area contributed by atoms with Crippen molar-refractivity contribution in [2.24, 2.45) is 0 Å². The van der Waals surface area contributed by atoms with Gasteiger partial charge in [-0.3, -0.25) is 0 Å². The molecule has 10 heavy (non-hydrogen) atoms. The van der Waals surface area contributed by atoms with Gasteiger partial charge in [0.1, 0.15) is 0 Å². The average Bonchev–Trinajstić information content (AvgIpc) is 1.88. The first kappa shape index (κ1) is 7.98. The molecular weight excluding hydrogens is 132 g/mol. The molecule has 1 aliphatic heterocycles. The Labute approximate surface area is 60.9 Å². The van der Waals surface area contributed by atoms with Gasteiger partial charge in [-0.1, -0.05) is 13.3 Å². The highest BCUT2D eigenvalue weighted by atomic mass is 16.7. The van der Waals surface area contributed by atoms with E-state index in [2.05, 4.69) is 6.92 Å². The van der Waals surface area contributed by atoms with E-state index in [1.807, 2.05) is 0 Å². The molecule has 60 valence electrons. The molecular formula is C7H14O3. The number of aliphatic hydroxyl groups excluding tert-OH is 1. The molecule has 3 heteroatoms. The van der Waals surface area contributed by atoms with Crippen LogP contribution >= 0.6 is 0 Å². The van der Waals surface area contributed by atoms with Gasteiger partial charge in [0, 0.05) is 6.42 Å². The Morgan fingerprint density at radius 2 is 2.40 bits per heavy atom. The molecule has 0 aromatic heterocycles. The lowest BCUT2D eigenvalue weighted by molar-refractivity contribution is -0.271. The second kappa shape index (κ2) is 3.91. The van der Waals surface area contributed by atoms with Gasteiger partial charge < -0.3 is 14.6 Å². The van der Waals surface area contributed by atoms with Crippen LogP contribution in [0.1, 0.15) is 26.2 Å². The predicted octanol–water partition coefficient (Wildman–Crippen LogP) is 0.868. The van der Waals surface area contributed by atoms with Gasteiger partial charge in [-0.25, -0.2) is 0 Å². The zero-order valence-corrected chi connectivity index (χ0v) is 6.25. The van der Waals surface area contributed by atoms with E-state index in [0.29, 0.717) is 13.0 Å². The van der Waals surface area contributed by atoms with Crippen molar-refractivity contribution in [3.63, 3.8) is 0 Å². The molecule has 0 saturated carbocycles. The first-order valence-corrected chi connectivity index (χ1v) is 3.78. The molecule has 0 amide bonds. The van der Waals surface area contributed by atoms with Gasteiger partial charge in [-0.05, 0) is 6.42 Å². The fourth-order valence-corrected chi connectivity index (χ4v) is 0.970. The summed E-state index contributed by atoms with van der Waals surface area (Å²) in [6.07, 6.45) is 1.72. The second-order valence-electron chi connectivity index (χ2n) is 2.47. The fourth-order valence-electron chi connectivity index (χ4n) is 0.970. The van der Waals surface area contributed by atoms with Crippen LogP contribution in [0, 0.1) is 0 Å². The van der Waals surface area contributed by atoms with Crippen molar-refractivity contribution in [2.45, 2.75) is 38.8 Å². The van der Waals surface area contributed by atoms with E-state index in [9.17, 15) is 0 Å². The molecule has 0 aliphatic carbocycles. The second-order valence-corrected chi connectivity index (χ2v) is 2.47. The van der Waals surface area contributed by atoms with Gasteiger partial charge >= 0.3 is 0 Å². The zero-order chi connectivity index (χ0) is 7.40. The van der Waals surface area contributed by atoms with E-state index < -0.39 is 6.29 Å². The van der Waals surface area contributed by atoms with Crippen LogP contribution < -0.4 is 0 Å². The van der Waals surface area contributed by atoms with Crippen molar-refractivity contribution in [3.05, 3.63) is 0 Å². The molecule has 3 nitrogen and oxygen atoms in total. The molecule has 0 bridgehead atoms. The molecule has 0 radical (unpaired) electrons. The van der Waals surface area contributed by atoms with Crippen molar-refractivity contribution < 1.29 is 14.6 Å². The molecule has 0 aromatic carbocycles. The SMILES string of the molecule is CCCC1OCCC(O)O1. The maximum absolute atomic E-state index is 9.00. The van der Waals surface area contributed by atoms with Crippen LogP contribution in [0.4, 0.5) is 0 Å². The van der Waals surface area contributed by atoms with Crippen LogP contribution in [-0.2, 0) is 9.47 Å². The van der Waals surface area contributed by atoms with Crippen LogP contribution in [0.25, 0.3) is 0 Å². The van der Waals surface area contributed by atoms with Crippen molar-refractivity contribution in [1.29, 1.82) is 0 Å². The van der Waals surface area contributed by atoms with E-state index in [1.165, 1.54) is 0 Å². The monoisotopic (exact) mass is 146 g/mol. The Bertz CT molecular complexity index is 92.9. The lowest BCUT2D eigenvalue weighted by Gasteiger charge is -2.26. The minimum absolute atomic E-state index is 0.172. The molecule has 0 spiro atoms. The van der Waals surface area contributed by atoms with Gasteiger partial charge in [0.15, 0.2) is 12.6 Å². The summed E-state index contributed by atoms with van der Waals surface area (Å²) >= 11 is 0. The Hall–Kier alpha value is -0.120. The zero-order valence-electron chi connectivity index (χ0n) is 6.25. The molecule has 2 atom stereocenters. The van der Waals surface area contributed by atoms with Gasteiger partial charge in [0.25, 0.3) is 0 Å². The standard InChI is InChI=1S/C7H14O3/c1-2-3-7-9-5-4-6(8)10-7/h6-8H,2-5H2,1H3. The van der Waals surface area contributed by atoms with Gasteiger partial charge in [-0.15, -0.1) is 0 Å². The third-order valence-corrected chi connectivity index (χ3v) is 1.50. The quantitative estimate of drug-likeness (QED) is 0.628. The number of hydrogen-bond donors (Lipinski definition) is 1. The lowest BCUT2D eigenvalue weighted by Crippen LogP contribution is -2.31. The third-order valence-electron chi connectivity index (χ3n) is 1.50. The molecule has 1 aliphatic rings. The topological polar surface area (TPSA) is 38.7 Å². The highest BCUT2D eigenvalue weighted by Crippen LogP contribution is 2.13. The minimum Gasteiger partial charge on any atom is -0.368 e. The highest BCUT2D eigenvalue weighted by Gasteiger charge is 2.19. The molecule has 1 heterocycles. The molecule has 2 unspecified atom stereocenters. The summed E-state index contributed by atoms with van der Waals surface area (Å²) in [6, 6.07) is 0. The summed E-state index contributed by atoms with van der Waals surface area (Å²) in [5, 5.41) is 9.00. The summed E-state index contributed by atoms with van der Waals surface area (Å²) in [5.41, 5.74) is 0. The Kier molecular flexibility index (Phi) is 3.12. The van der Waals surface area contributed by atoms with Crippen molar-refractivity contribution >= 4 is 0 Å². The summed E-state index contributed by atoms with van der Waals surface area (Å²) < 4.78 is 10.3. The molecule has 0 aromatic rings. The van der Waals surface area contributed by atoms with E-state index in [1.54, 1.807) is 0 Å². The maximum Gasteiger partial charge on any atom is 0.160 e. The summed E-state index contributed by atoms with van der Waals surface area (Å²) in [7, 11) is 0. The van der Waals surface area contributed by atoms with E-state index in [0.717, 1.165) is 12.8 Å². The van der Waals surface area contributed by atoms with Crippen LogP contribution in [0.2, 0.25) is 0 Å². The minimum atomic E-state index is -0.606. The normalized spacial score (nSPS) is 34.2. The fraction of sp³-hybridized carbons (Fsp3) is 1.00. The average molecular weight is 146 g/mol. The number of rotatable bonds is 2. The van der Waals surface area contributed by atoms with Crippen LogP contribution in [-0.4, -0.2) is 24.3 Å². The van der Waals surface area contributed by atoms with Crippen molar-refractivity contribution in [3.8, 4) is 0 Å². The van der Waals surface area contributed by atoms with Crippen LogP contribution in [0.3, 0.4) is 0 Å². The Morgan fingerprint density at radius 1 is 1.60 bits per heavy atom. The maximum atomic E-state index is 9.00. The number of ether oxygens (including phenoxy) is 2. The summed E-state index contributed by atoms with van der Waals surface area (Å²) in [5.74, 6) is 0. The third kappa shape index (κ3) is 2.25. The lowest BCUT2D eigenvalue weighted by atomic mass is 10.3. The predicted molar refractivity (Wildman–Crippen MR) is 36.4 cm³/mol. The first-order chi connectivity index (χ1) is 4.83. The smallest absolute Gasteiger partial charge is 0.160 e. The van der Waals surface area contributed by atoms with Crippen molar-refractivity contribution in [2.75, 3.05) is 6.61 Å². The number of hydrogen-bond acceptors (Lipinski definition) is 3. The molecule has 1 fully saturated rings. The summed E-state index contributed by atoms with van der Waals surface area (Å²) in [4.78, 5) is 0. The highest BCUT2D eigenvalue weighted by molar-refractivity contribution is 4.53. The summed E-state index contributed by atoms with van der Waals surface area (Å²) in [6.45, 7) is 2.68. The molecule has 1 rings (SSSR count). The molecule has 1 saturated heterocycles. The van der Waals surface area contributed by atoms with Crippen molar-refractivity contribution in [1.82, 2.24) is 0 Å².